The highest BCUT2D eigenvalue weighted by Gasteiger charge is 2.14. The molecule has 0 amide bonds. The maximum absolute atomic E-state index is 6.10. The minimum atomic E-state index is 0.396. The topological polar surface area (TPSA) is 0 Å². The van der Waals surface area contributed by atoms with Gasteiger partial charge < -0.3 is 0 Å². The van der Waals surface area contributed by atoms with Crippen molar-refractivity contribution in [2.24, 2.45) is 5.92 Å². The molecule has 0 nitrogen and oxygen atoms in total. The van der Waals surface area contributed by atoms with Crippen molar-refractivity contribution in [2.75, 3.05) is 0 Å². The maximum Gasteiger partial charge on any atom is 0.0534 e. The van der Waals surface area contributed by atoms with Crippen molar-refractivity contribution in [3.05, 3.63) is 33.8 Å². The Morgan fingerprint density at radius 2 is 1.93 bits per heavy atom. The fourth-order valence-corrected chi connectivity index (χ4v) is 2.48. The third-order valence-corrected chi connectivity index (χ3v) is 2.89. The molecule has 1 aromatic carbocycles. The molecule has 2 heteroatoms. The van der Waals surface area contributed by atoms with Gasteiger partial charge in [0.15, 0.2) is 0 Å². The van der Waals surface area contributed by atoms with Crippen LogP contribution < -0.4 is 0 Å². The second kappa shape index (κ2) is 5.04. The monoisotopic (exact) mass is 229 g/mol. The minimum absolute atomic E-state index is 0.396. The molecular weight excluding hydrogens is 215 g/mol. The number of halogens is 2. The largest absolute Gasteiger partial charge is 0.0840 e. The lowest BCUT2D eigenvalue weighted by molar-refractivity contribution is 0.524. The first-order chi connectivity index (χ1) is 6.52. The molecule has 0 saturated carbocycles. The standard InChI is InChI=1S/C12H15Cl2/c1-8(2)7-9(3)12-10(13)5-4-6-11(12)14/h4-5,8-9H,7H2,1-3H3. The zero-order chi connectivity index (χ0) is 10.7. The van der Waals surface area contributed by atoms with E-state index in [-0.39, 0.29) is 0 Å². The summed E-state index contributed by atoms with van der Waals surface area (Å²) in [4.78, 5) is 0. The van der Waals surface area contributed by atoms with Gasteiger partial charge in [0.25, 0.3) is 0 Å². The first-order valence-electron chi connectivity index (χ1n) is 4.88. The molecule has 1 atom stereocenters. The number of rotatable bonds is 3. The summed E-state index contributed by atoms with van der Waals surface area (Å²) in [6, 6.07) is 6.58. The van der Waals surface area contributed by atoms with E-state index in [1.54, 1.807) is 6.07 Å². The average molecular weight is 230 g/mol. The molecule has 0 aliphatic carbocycles. The van der Waals surface area contributed by atoms with E-state index in [1.165, 1.54) is 0 Å². The SMILES string of the molecule is CC(C)CC(C)c1c(Cl)[c]ccc1Cl. The molecule has 0 aliphatic heterocycles. The highest BCUT2D eigenvalue weighted by molar-refractivity contribution is 6.36. The third kappa shape index (κ3) is 2.90. The van der Waals surface area contributed by atoms with E-state index in [9.17, 15) is 0 Å². The molecule has 0 fully saturated rings. The van der Waals surface area contributed by atoms with Gasteiger partial charge in [0.2, 0.25) is 0 Å². The number of benzene rings is 1. The molecule has 14 heavy (non-hydrogen) atoms. The lowest BCUT2D eigenvalue weighted by atomic mass is 9.92. The molecule has 0 aliphatic rings. The van der Waals surface area contributed by atoms with Crippen LogP contribution in [0.4, 0.5) is 0 Å². The van der Waals surface area contributed by atoms with Gasteiger partial charge in [-0.15, -0.1) is 0 Å². The normalized spacial score (nSPS) is 13.3. The maximum atomic E-state index is 6.10. The van der Waals surface area contributed by atoms with E-state index in [4.69, 9.17) is 23.2 Å². The first kappa shape index (κ1) is 11.9. The van der Waals surface area contributed by atoms with Crippen LogP contribution in [-0.4, -0.2) is 0 Å². The summed E-state index contributed by atoms with van der Waals surface area (Å²) in [6.45, 7) is 6.55. The second-order valence-corrected chi connectivity index (χ2v) is 4.87. The zero-order valence-corrected chi connectivity index (χ0v) is 10.3. The average Bonchev–Trinajstić information content (AvgIpc) is 2.01. The molecule has 1 unspecified atom stereocenters. The third-order valence-electron chi connectivity index (χ3n) is 2.25. The Morgan fingerprint density at radius 3 is 2.43 bits per heavy atom. The lowest BCUT2D eigenvalue weighted by Gasteiger charge is -2.16. The summed E-state index contributed by atoms with van der Waals surface area (Å²) in [7, 11) is 0. The molecule has 1 radical (unpaired) electrons. The molecule has 0 aromatic heterocycles. The Morgan fingerprint density at radius 1 is 1.29 bits per heavy atom. The van der Waals surface area contributed by atoms with Gasteiger partial charge in [-0.05, 0) is 29.9 Å². The van der Waals surface area contributed by atoms with Crippen LogP contribution in [0.15, 0.2) is 12.1 Å². The van der Waals surface area contributed by atoms with Crippen molar-refractivity contribution in [1.82, 2.24) is 0 Å². The highest BCUT2D eigenvalue weighted by atomic mass is 35.5. The van der Waals surface area contributed by atoms with Crippen LogP contribution in [0.25, 0.3) is 0 Å². The van der Waals surface area contributed by atoms with Crippen LogP contribution in [0, 0.1) is 12.0 Å². The first-order valence-corrected chi connectivity index (χ1v) is 5.63. The molecule has 0 spiro atoms. The van der Waals surface area contributed by atoms with Crippen LogP contribution in [-0.2, 0) is 0 Å². The van der Waals surface area contributed by atoms with Gasteiger partial charge in [0.05, 0.1) is 5.02 Å². The van der Waals surface area contributed by atoms with Crippen molar-refractivity contribution in [3.63, 3.8) is 0 Å². The van der Waals surface area contributed by atoms with Crippen molar-refractivity contribution >= 4 is 23.2 Å². The molecule has 0 saturated heterocycles. The van der Waals surface area contributed by atoms with Gasteiger partial charge >= 0.3 is 0 Å². The second-order valence-electron chi connectivity index (χ2n) is 4.08. The molecule has 1 rings (SSSR count). The highest BCUT2D eigenvalue weighted by Crippen LogP contribution is 2.34. The summed E-state index contributed by atoms with van der Waals surface area (Å²) in [5.74, 6) is 1.05. The van der Waals surface area contributed by atoms with E-state index in [1.807, 2.05) is 6.07 Å². The molecule has 0 bridgehead atoms. The molecule has 0 N–H and O–H groups in total. The predicted octanol–water partition coefficient (Wildman–Crippen LogP) is 4.94. The summed E-state index contributed by atoms with van der Waals surface area (Å²) < 4.78 is 0. The Balaban J connectivity index is 2.94. The van der Waals surface area contributed by atoms with Crippen LogP contribution >= 0.6 is 23.2 Å². The van der Waals surface area contributed by atoms with E-state index in [0.717, 1.165) is 17.0 Å². The van der Waals surface area contributed by atoms with Gasteiger partial charge in [-0.25, -0.2) is 0 Å². The molecular formula is C12H15Cl2. The fraction of sp³-hybridized carbons (Fsp3) is 0.500. The van der Waals surface area contributed by atoms with E-state index in [2.05, 4.69) is 26.8 Å². The van der Waals surface area contributed by atoms with Crippen LogP contribution in [0.3, 0.4) is 0 Å². The smallest absolute Gasteiger partial charge is 0.0534 e. The van der Waals surface area contributed by atoms with Crippen LogP contribution in [0.5, 0.6) is 0 Å². The van der Waals surface area contributed by atoms with Gasteiger partial charge in [0, 0.05) is 11.1 Å². The van der Waals surface area contributed by atoms with Crippen molar-refractivity contribution < 1.29 is 0 Å². The summed E-state index contributed by atoms with van der Waals surface area (Å²) in [6.07, 6.45) is 1.09. The quantitative estimate of drug-likeness (QED) is 0.689. The summed E-state index contributed by atoms with van der Waals surface area (Å²) in [5.41, 5.74) is 1.03. The Labute approximate surface area is 96.2 Å². The van der Waals surface area contributed by atoms with Crippen molar-refractivity contribution in [3.8, 4) is 0 Å². The lowest BCUT2D eigenvalue weighted by Crippen LogP contribution is -2.00. The Kier molecular flexibility index (Phi) is 4.28. The zero-order valence-electron chi connectivity index (χ0n) is 8.77. The Hall–Kier alpha value is -0.200. The van der Waals surface area contributed by atoms with E-state index < -0.39 is 0 Å². The van der Waals surface area contributed by atoms with Crippen molar-refractivity contribution in [2.45, 2.75) is 33.1 Å². The van der Waals surface area contributed by atoms with Gasteiger partial charge in [-0.3, -0.25) is 0 Å². The van der Waals surface area contributed by atoms with Crippen LogP contribution in [0.2, 0.25) is 10.0 Å². The number of hydrogen-bond donors (Lipinski definition) is 0. The molecule has 77 valence electrons. The number of hydrogen-bond acceptors (Lipinski definition) is 0. The van der Waals surface area contributed by atoms with Gasteiger partial charge in [-0.1, -0.05) is 50.0 Å². The minimum Gasteiger partial charge on any atom is -0.0840 e. The summed E-state index contributed by atoms with van der Waals surface area (Å²) >= 11 is 12.2. The summed E-state index contributed by atoms with van der Waals surface area (Å²) in [5, 5.41) is 1.41. The molecule has 0 heterocycles. The predicted molar refractivity (Wildman–Crippen MR) is 63.2 cm³/mol. The fourth-order valence-electron chi connectivity index (χ4n) is 1.74. The van der Waals surface area contributed by atoms with Gasteiger partial charge in [-0.2, -0.15) is 0 Å². The molecule has 1 aromatic rings. The van der Waals surface area contributed by atoms with E-state index >= 15 is 0 Å². The van der Waals surface area contributed by atoms with E-state index in [0.29, 0.717) is 16.9 Å². The van der Waals surface area contributed by atoms with Crippen molar-refractivity contribution in [1.29, 1.82) is 0 Å². The van der Waals surface area contributed by atoms with Crippen LogP contribution in [0.1, 0.15) is 38.7 Å². The Bertz CT molecular complexity index is 285. The van der Waals surface area contributed by atoms with Gasteiger partial charge in [0.1, 0.15) is 0 Å².